The Bertz CT molecular complexity index is 595. The first-order chi connectivity index (χ1) is 10.8. The van der Waals surface area contributed by atoms with E-state index in [4.69, 9.17) is 0 Å². The zero-order valence-corrected chi connectivity index (χ0v) is 13.4. The molecular formula is C16H18F3NO2S. The van der Waals surface area contributed by atoms with Crippen LogP contribution in [0.5, 0.6) is 5.75 Å². The first-order valence-electron chi connectivity index (χ1n) is 7.02. The molecule has 0 aliphatic carbocycles. The SMILES string of the molecule is CC(O)(CNCc1ccc(OCC(F)(F)F)cc1)c1cccs1. The number of ether oxygens (including phenoxy) is 1. The molecule has 1 aromatic carbocycles. The predicted molar refractivity (Wildman–Crippen MR) is 83.6 cm³/mol. The first kappa shape index (κ1) is 17.8. The number of benzene rings is 1. The molecular weight excluding hydrogens is 327 g/mol. The summed E-state index contributed by atoms with van der Waals surface area (Å²) in [7, 11) is 0. The summed E-state index contributed by atoms with van der Waals surface area (Å²) >= 11 is 1.49. The molecule has 1 atom stereocenters. The monoisotopic (exact) mass is 345 g/mol. The standard InChI is InChI=1S/C16H18F3NO2S/c1-15(21,14-3-2-8-23-14)10-20-9-12-4-6-13(7-5-12)22-11-16(17,18)19/h2-8,20-21H,9-11H2,1H3. The van der Waals surface area contributed by atoms with Crippen molar-refractivity contribution >= 4 is 11.3 Å². The van der Waals surface area contributed by atoms with E-state index >= 15 is 0 Å². The van der Waals surface area contributed by atoms with Crippen LogP contribution in [0.15, 0.2) is 41.8 Å². The molecule has 2 N–H and O–H groups in total. The van der Waals surface area contributed by atoms with Crippen LogP contribution in [0.1, 0.15) is 17.4 Å². The van der Waals surface area contributed by atoms with Crippen LogP contribution in [0.3, 0.4) is 0 Å². The van der Waals surface area contributed by atoms with E-state index in [-0.39, 0.29) is 5.75 Å². The van der Waals surface area contributed by atoms with Gasteiger partial charge in [-0.3, -0.25) is 0 Å². The average molecular weight is 345 g/mol. The molecule has 0 aliphatic rings. The summed E-state index contributed by atoms with van der Waals surface area (Å²) in [6, 6.07) is 10.1. The lowest BCUT2D eigenvalue weighted by atomic mass is 10.1. The van der Waals surface area contributed by atoms with E-state index in [0.717, 1.165) is 10.4 Å². The van der Waals surface area contributed by atoms with Crippen molar-refractivity contribution in [3.05, 3.63) is 52.2 Å². The lowest BCUT2D eigenvalue weighted by Crippen LogP contribution is -2.34. The van der Waals surface area contributed by atoms with E-state index in [2.05, 4.69) is 10.1 Å². The largest absolute Gasteiger partial charge is 0.484 e. The molecule has 0 fully saturated rings. The molecule has 2 aromatic rings. The Morgan fingerprint density at radius 2 is 1.87 bits per heavy atom. The van der Waals surface area contributed by atoms with Gasteiger partial charge in [0.1, 0.15) is 11.4 Å². The highest BCUT2D eigenvalue weighted by molar-refractivity contribution is 7.10. The fraction of sp³-hybridized carbons (Fsp3) is 0.375. The maximum atomic E-state index is 12.1. The van der Waals surface area contributed by atoms with Gasteiger partial charge < -0.3 is 15.2 Å². The van der Waals surface area contributed by atoms with Crippen molar-refractivity contribution in [2.75, 3.05) is 13.2 Å². The van der Waals surface area contributed by atoms with Crippen LogP contribution in [-0.2, 0) is 12.1 Å². The smallest absolute Gasteiger partial charge is 0.422 e. The molecule has 0 aliphatic heterocycles. The Morgan fingerprint density at radius 3 is 2.43 bits per heavy atom. The molecule has 3 nitrogen and oxygen atoms in total. The summed E-state index contributed by atoms with van der Waals surface area (Å²) in [5.74, 6) is 0.177. The fourth-order valence-electron chi connectivity index (χ4n) is 1.99. The Morgan fingerprint density at radius 1 is 1.17 bits per heavy atom. The van der Waals surface area contributed by atoms with Crippen molar-refractivity contribution in [1.82, 2.24) is 5.32 Å². The zero-order chi connectivity index (χ0) is 16.9. The van der Waals surface area contributed by atoms with E-state index in [1.54, 1.807) is 19.1 Å². The van der Waals surface area contributed by atoms with Crippen LogP contribution in [0.4, 0.5) is 13.2 Å². The fourth-order valence-corrected chi connectivity index (χ4v) is 2.78. The first-order valence-corrected chi connectivity index (χ1v) is 7.90. The minimum absolute atomic E-state index is 0.177. The summed E-state index contributed by atoms with van der Waals surface area (Å²) in [6.07, 6.45) is -4.34. The molecule has 0 amide bonds. The Balaban J connectivity index is 1.80. The van der Waals surface area contributed by atoms with Gasteiger partial charge in [0, 0.05) is 18.0 Å². The van der Waals surface area contributed by atoms with Crippen molar-refractivity contribution in [3.8, 4) is 5.75 Å². The van der Waals surface area contributed by atoms with Crippen molar-refractivity contribution in [1.29, 1.82) is 0 Å². The number of thiophene rings is 1. The van der Waals surface area contributed by atoms with Crippen LogP contribution >= 0.6 is 11.3 Å². The number of halogens is 3. The van der Waals surface area contributed by atoms with Crippen molar-refractivity contribution in [2.24, 2.45) is 0 Å². The molecule has 2 rings (SSSR count). The summed E-state index contributed by atoms with van der Waals surface area (Å²) in [5, 5.41) is 15.4. The number of hydrogen-bond donors (Lipinski definition) is 2. The van der Waals surface area contributed by atoms with Gasteiger partial charge in [0.2, 0.25) is 0 Å². The van der Waals surface area contributed by atoms with Crippen LogP contribution < -0.4 is 10.1 Å². The highest BCUT2D eigenvalue weighted by Gasteiger charge is 2.28. The number of hydrogen-bond acceptors (Lipinski definition) is 4. The lowest BCUT2D eigenvalue weighted by molar-refractivity contribution is -0.153. The molecule has 0 saturated carbocycles. The van der Waals surface area contributed by atoms with Crippen LogP contribution in [0.2, 0.25) is 0 Å². The quantitative estimate of drug-likeness (QED) is 0.804. The van der Waals surface area contributed by atoms with Crippen molar-refractivity contribution in [2.45, 2.75) is 25.2 Å². The Hall–Kier alpha value is -1.57. The minimum atomic E-state index is -4.34. The second-order valence-corrected chi connectivity index (χ2v) is 6.35. The van der Waals surface area contributed by atoms with E-state index in [9.17, 15) is 18.3 Å². The topological polar surface area (TPSA) is 41.5 Å². The molecule has 1 unspecified atom stereocenters. The van der Waals surface area contributed by atoms with E-state index in [1.807, 2.05) is 17.5 Å². The second-order valence-electron chi connectivity index (χ2n) is 5.40. The zero-order valence-electron chi connectivity index (χ0n) is 12.6. The van der Waals surface area contributed by atoms with Gasteiger partial charge in [-0.2, -0.15) is 13.2 Å². The van der Waals surface area contributed by atoms with Crippen molar-refractivity contribution in [3.63, 3.8) is 0 Å². The van der Waals surface area contributed by atoms with Gasteiger partial charge in [-0.05, 0) is 36.1 Å². The third kappa shape index (κ3) is 5.85. The molecule has 23 heavy (non-hydrogen) atoms. The van der Waals surface area contributed by atoms with Gasteiger partial charge in [-0.15, -0.1) is 11.3 Å². The molecule has 0 spiro atoms. The predicted octanol–water partition coefficient (Wildman–Crippen LogP) is 3.69. The summed E-state index contributed by atoms with van der Waals surface area (Å²) in [4.78, 5) is 0.876. The second kappa shape index (κ2) is 7.33. The van der Waals surface area contributed by atoms with Crippen molar-refractivity contribution < 1.29 is 23.0 Å². The van der Waals surface area contributed by atoms with E-state index in [1.165, 1.54) is 23.5 Å². The van der Waals surface area contributed by atoms with Gasteiger partial charge in [-0.25, -0.2) is 0 Å². The Labute approximate surface area is 136 Å². The average Bonchev–Trinajstić information content (AvgIpc) is 3.00. The normalized spacial score (nSPS) is 14.5. The van der Waals surface area contributed by atoms with Gasteiger partial charge >= 0.3 is 6.18 Å². The molecule has 0 bridgehead atoms. The summed E-state index contributed by atoms with van der Waals surface area (Å²) in [5.41, 5.74) is -0.0597. The maximum Gasteiger partial charge on any atom is 0.422 e. The molecule has 7 heteroatoms. The number of aliphatic hydroxyl groups is 1. The number of nitrogens with one attached hydrogen (secondary N) is 1. The van der Waals surface area contributed by atoms with E-state index in [0.29, 0.717) is 13.1 Å². The molecule has 0 radical (unpaired) electrons. The maximum absolute atomic E-state index is 12.1. The highest BCUT2D eigenvalue weighted by Crippen LogP contribution is 2.24. The molecule has 0 saturated heterocycles. The van der Waals surface area contributed by atoms with Crippen LogP contribution in [-0.4, -0.2) is 24.4 Å². The molecule has 126 valence electrons. The third-order valence-corrected chi connectivity index (χ3v) is 4.30. The third-order valence-electron chi connectivity index (χ3n) is 3.18. The Kier molecular flexibility index (Phi) is 5.67. The summed E-state index contributed by atoms with van der Waals surface area (Å²) < 4.78 is 40.8. The highest BCUT2D eigenvalue weighted by atomic mass is 32.1. The van der Waals surface area contributed by atoms with Gasteiger partial charge in [-0.1, -0.05) is 18.2 Å². The minimum Gasteiger partial charge on any atom is -0.484 e. The van der Waals surface area contributed by atoms with Gasteiger partial charge in [0.25, 0.3) is 0 Å². The number of alkyl halides is 3. The van der Waals surface area contributed by atoms with E-state index < -0.39 is 18.4 Å². The number of rotatable bonds is 7. The van der Waals surface area contributed by atoms with Gasteiger partial charge in [0.05, 0.1) is 0 Å². The van der Waals surface area contributed by atoms with Gasteiger partial charge in [0.15, 0.2) is 6.61 Å². The molecule has 1 heterocycles. The molecule has 1 aromatic heterocycles. The summed E-state index contributed by atoms with van der Waals surface area (Å²) in [6.45, 7) is 1.31. The van der Waals surface area contributed by atoms with Crippen LogP contribution in [0, 0.1) is 0 Å². The lowest BCUT2D eigenvalue weighted by Gasteiger charge is -2.22. The van der Waals surface area contributed by atoms with Crippen LogP contribution in [0.25, 0.3) is 0 Å².